The third-order valence-electron chi connectivity index (χ3n) is 6.76. The lowest BCUT2D eigenvalue weighted by Crippen LogP contribution is -2.45. The molecule has 0 N–H and O–H groups in total. The van der Waals surface area contributed by atoms with Gasteiger partial charge in [-0.2, -0.15) is 9.29 Å². The Morgan fingerprint density at radius 1 is 1.32 bits per heavy atom. The highest BCUT2D eigenvalue weighted by Gasteiger charge is 2.65. The van der Waals surface area contributed by atoms with Gasteiger partial charge in [0.15, 0.2) is 0 Å². The zero-order valence-electron chi connectivity index (χ0n) is 16.3. The lowest BCUT2D eigenvalue weighted by molar-refractivity contribution is -0.128. The van der Waals surface area contributed by atoms with Gasteiger partial charge in [0.05, 0.1) is 12.3 Å². The molecule has 0 saturated heterocycles. The van der Waals surface area contributed by atoms with E-state index in [1.165, 1.54) is 11.4 Å². The molecule has 0 amide bonds. The number of hydrogen-bond acceptors (Lipinski definition) is 7. The molecule has 2 aliphatic rings. The topological polar surface area (TPSA) is 106 Å². The molecular weight excluding hydrogens is 380 g/mol. The zero-order valence-corrected chi connectivity index (χ0v) is 17.1. The van der Waals surface area contributed by atoms with Crippen LogP contribution in [-0.2, 0) is 21.4 Å². The number of ketones is 1. The summed E-state index contributed by atoms with van der Waals surface area (Å²) in [6, 6.07) is 5.34. The number of aromatic nitrogens is 3. The van der Waals surface area contributed by atoms with Gasteiger partial charge in [0.1, 0.15) is 11.5 Å². The molecule has 8 nitrogen and oxygen atoms in total. The molecule has 2 aromatic heterocycles. The summed E-state index contributed by atoms with van der Waals surface area (Å²) in [5.74, 6) is 0.690. The first-order valence-electron chi connectivity index (χ1n) is 9.37. The van der Waals surface area contributed by atoms with Crippen LogP contribution < -0.4 is 0 Å². The summed E-state index contributed by atoms with van der Waals surface area (Å²) >= 11 is 0. The molecule has 150 valence electrons. The second-order valence-electron chi connectivity index (χ2n) is 8.41. The van der Waals surface area contributed by atoms with E-state index in [-0.39, 0.29) is 35.3 Å². The van der Waals surface area contributed by atoms with E-state index in [0.29, 0.717) is 24.4 Å². The maximum Gasteiger partial charge on any atom is 0.242 e. The first kappa shape index (κ1) is 19.2. The highest BCUT2D eigenvalue weighted by atomic mass is 32.2. The van der Waals surface area contributed by atoms with Crippen LogP contribution >= 0.6 is 0 Å². The SMILES string of the molecule is CN(Cc1nc(-c2ccccn2)no1)S(=O)(=O)C[C@]12CC[C@H](CC1=O)C2(C)C. The minimum atomic E-state index is -3.68. The largest absolute Gasteiger partial charge is 0.337 e. The van der Waals surface area contributed by atoms with E-state index in [0.717, 1.165) is 6.42 Å². The number of pyridine rings is 1. The van der Waals surface area contributed by atoms with Gasteiger partial charge in [-0.1, -0.05) is 25.1 Å². The molecule has 9 heteroatoms. The summed E-state index contributed by atoms with van der Waals surface area (Å²) in [6.07, 6.45) is 3.66. The van der Waals surface area contributed by atoms with Crippen LogP contribution in [0.3, 0.4) is 0 Å². The van der Waals surface area contributed by atoms with E-state index in [1.807, 2.05) is 19.9 Å². The van der Waals surface area contributed by atoms with Gasteiger partial charge in [-0.05, 0) is 36.3 Å². The number of carbonyl (C=O) groups excluding carboxylic acids is 1. The fourth-order valence-corrected chi connectivity index (χ4v) is 6.56. The van der Waals surface area contributed by atoms with Gasteiger partial charge in [0.25, 0.3) is 0 Å². The number of fused-ring (bicyclic) bond motifs is 2. The lowest BCUT2D eigenvalue weighted by atomic mass is 9.70. The quantitative estimate of drug-likeness (QED) is 0.727. The number of Topliss-reactive ketones (excluding diaryl/α,β-unsaturated/α-hetero) is 1. The van der Waals surface area contributed by atoms with Crippen LogP contribution in [0.2, 0.25) is 0 Å². The zero-order chi connectivity index (χ0) is 20.2. The molecule has 2 fully saturated rings. The molecular formula is C19H24N4O4S. The van der Waals surface area contributed by atoms with E-state index < -0.39 is 15.4 Å². The third-order valence-corrected chi connectivity index (χ3v) is 8.70. The summed E-state index contributed by atoms with van der Waals surface area (Å²) in [5, 5.41) is 3.87. The Labute approximate surface area is 164 Å². The second kappa shape index (κ2) is 6.45. The normalized spacial score (nSPS) is 26.3. The predicted molar refractivity (Wildman–Crippen MR) is 101 cm³/mol. The van der Waals surface area contributed by atoms with Crippen LogP contribution in [0.1, 0.15) is 39.0 Å². The smallest absolute Gasteiger partial charge is 0.242 e. The van der Waals surface area contributed by atoms with Crippen molar-refractivity contribution in [2.75, 3.05) is 12.8 Å². The molecule has 2 aromatic rings. The Bertz CT molecular complexity index is 1000. The standard InChI is InChI=1S/C19H24N4O4S/c1-18(2)13-7-8-19(18,15(24)10-13)12-28(25,26)23(3)11-16-21-17(22-27-16)14-6-4-5-9-20-14/h4-6,9,13H,7-8,10-12H2,1-3H3/t13-,19-/m1/s1. The molecule has 0 unspecified atom stereocenters. The number of hydrogen-bond donors (Lipinski definition) is 0. The van der Waals surface area contributed by atoms with Gasteiger partial charge in [0, 0.05) is 25.1 Å². The Hall–Kier alpha value is -2.13. The Morgan fingerprint density at radius 2 is 2.11 bits per heavy atom. The van der Waals surface area contributed by atoms with Crippen LogP contribution in [0.15, 0.2) is 28.9 Å². The van der Waals surface area contributed by atoms with Gasteiger partial charge in [0.2, 0.25) is 21.7 Å². The molecule has 0 spiro atoms. The lowest BCUT2D eigenvalue weighted by Gasteiger charge is -2.37. The Balaban J connectivity index is 1.51. The van der Waals surface area contributed by atoms with Crippen LogP contribution in [0.5, 0.6) is 0 Å². The summed E-state index contributed by atoms with van der Waals surface area (Å²) in [6.45, 7) is 4.01. The first-order chi connectivity index (χ1) is 13.2. The van der Waals surface area contributed by atoms with Crippen molar-refractivity contribution in [1.82, 2.24) is 19.4 Å². The van der Waals surface area contributed by atoms with E-state index >= 15 is 0 Å². The van der Waals surface area contributed by atoms with Crippen LogP contribution in [-0.4, -0.2) is 46.4 Å². The maximum absolute atomic E-state index is 13.1. The van der Waals surface area contributed by atoms with E-state index in [1.54, 1.807) is 18.3 Å². The molecule has 0 radical (unpaired) electrons. The summed E-state index contributed by atoms with van der Waals surface area (Å²) < 4.78 is 32.5. The molecule has 2 aliphatic carbocycles. The van der Waals surface area contributed by atoms with Crippen LogP contribution in [0, 0.1) is 16.7 Å². The fourth-order valence-electron chi connectivity index (χ4n) is 4.74. The van der Waals surface area contributed by atoms with E-state index in [9.17, 15) is 13.2 Å². The van der Waals surface area contributed by atoms with Crippen molar-refractivity contribution in [2.45, 2.75) is 39.7 Å². The van der Waals surface area contributed by atoms with E-state index in [4.69, 9.17) is 4.52 Å². The summed E-state index contributed by atoms with van der Waals surface area (Å²) in [5.41, 5.74) is -0.537. The molecule has 2 bridgehead atoms. The fraction of sp³-hybridized carbons (Fsp3) is 0.579. The number of nitrogens with zero attached hydrogens (tertiary/aromatic N) is 4. The monoisotopic (exact) mass is 404 g/mol. The van der Waals surface area contributed by atoms with Crippen molar-refractivity contribution in [3.63, 3.8) is 0 Å². The molecule has 28 heavy (non-hydrogen) atoms. The summed E-state index contributed by atoms with van der Waals surface area (Å²) in [4.78, 5) is 21.1. The maximum atomic E-state index is 13.1. The molecule has 2 heterocycles. The highest BCUT2D eigenvalue weighted by molar-refractivity contribution is 7.89. The van der Waals surface area contributed by atoms with Gasteiger partial charge in [-0.3, -0.25) is 9.78 Å². The molecule has 4 rings (SSSR count). The van der Waals surface area contributed by atoms with Gasteiger partial charge < -0.3 is 4.52 Å². The Morgan fingerprint density at radius 3 is 2.71 bits per heavy atom. The van der Waals surface area contributed by atoms with Crippen molar-refractivity contribution in [2.24, 2.45) is 16.7 Å². The van der Waals surface area contributed by atoms with Crippen molar-refractivity contribution < 1.29 is 17.7 Å². The van der Waals surface area contributed by atoms with Gasteiger partial charge >= 0.3 is 0 Å². The van der Waals surface area contributed by atoms with E-state index in [2.05, 4.69) is 15.1 Å². The van der Waals surface area contributed by atoms with Gasteiger partial charge in [-0.15, -0.1) is 0 Å². The molecule has 2 atom stereocenters. The third kappa shape index (κ3) is 2.88. The van der Waals surface area contributed by atoms with Crippen molar-refractivity contribution >= 4 is 15.8 Å². The van der Waals surface area contributed by atoms with Crippen molar-refractivity contribution in [3.8, 4) is 11.5 Å². The number of rotatable bonds is 6. The Kier molecular flexibility index (Phi) is 4.42. The minimum Gasteiger partial charge on any atom is -0.337 e. The first-order valence-corrected chi connectivity index (χ1v) is 11.0. The second-order valence-corrected chi connectivity index (χ2v) is 10.5. The average Bonchev–Trinajstić information content (AvgIpc) is 3.25. The molecule has 0 aromatic carbocycles. The minimum absolute atomic E-state index is 0.0453. The van der Waals surface area contributed by atoms with Gasteiger partial charge in [-0.25, -0.2) is 8.42 Å². The highest BCUT2D eigenvalue weighted by Crippen LogP contribution is 2.64. The molecule has 2 saturated carbocycles. The van der Waals surface area contributed by atoms with Crippen molar-refractivity contribution in [3.05, 3.63) is 30.3 Å². The van der Waals surface area contributed by atoms with Crippen molar-refractivity contribution in [1.29, 1.82) is 0 Å². The number of carbonyl (C=O) groups is 1. The molecule has 0 aliphatic heterocycles. The van der Waals surface area contributed by atoms with Crippen LogP contribution in [0.25, 0.3) is 11.5 Å². The average molecular weight is 404 g/mol. The summed E-state index contributed by atoms with van der Waals surface area (Å²) in [7, 11) is -2.19. The predicted octanol–water partition coefficient (Wildman–Crippen LogP) is 2.29. The number of sulfonamides is 1. The van der Waals surface area contributed by atoms with Crippen LogP contribution in [0.4, 0.5) is 0 Å².